The van der Waals surface area contributed by atoms with E-state index in [0.29, 0.717) is 0 Å². The molecule has 0 aliphatic carbocycles. The van der Waals surface area contributed by atoms with Crippen LogP contribution < -0.4 is 4.72 Å². The molecule has 0 spiro atoms. The predicted molar refractivity (Wildman–Crippen MR) is 45.7 cm³/mol. The molecule has 13 heavy (non-hydrogen) atoms. The van der Waals surface area contributed by atoms with Crippen molar-refractivity contribution in [1.82, 2.24) is 4.72 Å². The maximum absolute atomic E-state index is 11.0. The fourth-order valence-corrected chi connectivity index (χ4v) is 1.62. The van der Waals surface area contributed by atoms with Crippen LogP contribution >= 0.6 is 0 Å². The number of carboxylic acids is 1. The van der Waals surface area contributed by atoms with E-state index >= 15 is 0 Å². The topological polar surface area (TPSA) is 104 Å². The van der Waals surface area contributed by atoms with Crippen molar-refractivity contribution < 1.29 is 23.4 Å². The Kier molecular flexibility index (Phi) is 4.89. The second-order valence-corrected chi connectivity index (χ2v) is 4.59. The van der Waals surface area contributed by atoms with Crippen LogP contribution in [0.25, 0.3) is 0 Å². The normalized spacial score (nSPS) is 14.0. The fraction of sp³-hybridized carbons (Fsp3) is 0.833. The van der Waals surface area contributed by atoms with E-state index in [9.17, 15) is 13.2 Å². The molecule has 0 saturated carbocycles. The number of hydrogen-bond acceptors (Lipinski definition) is 4. The minimum absolute atomic E-state index is 0.0953. The van der Waals surface area contributed by atoms with Crippen molar-refractivity contribution in [2.45, 2.75) is 19.4 Å². The first-order valence-electron chi connectivity index (χ1n) is 3.70. The molecule has 0 rings (SSSR count). The Labute approximate surface area is 76.6 Å². The van der Waals surface area contributed by atoms with Crippen molar-refractivity contribution in [3.8, 4) is 0 Å². The van der Waals surface area contributed by atoms with E-state index in [0.717, 1.165) is 0 Å². The van der Waals surface area contributed by atoms with Crippen LogP contribution in [0, 0.1) is 0 Å². The van der Waals surface area contributed by atoms with Crippen LogP contribution in [0.2, 0.25) is 0 Å². The number of sulfonamides is 1. The molecule has 6 nitrogen and oxygen atoms in total. The molecule has 0 aromatic heterocycles. The van der Waals surface area contributed by atoms with Gasteiger partial charge in [0.15, 0.2) is 0 Å². The average Bonchev–Trinajstić information content (AvgIpc) is 1.98. The maximum atomic E-state index is 11.0. The van der Waals surface area contributed by atoms with E-state index < -0.39 is 34.3 Å². The summed E-state index contributed by atoms with van der Waals surface area (Å²) in [6.07, 6.45) is -1.21. The van der Waals surface area contributed by atoms with Crippen molar-refractivity contribution in [1.29, 1.82) is 0 Å². The third-order valence-corrected chi connectivity index (χ3v) is 2.53. The molecular weight excluding hydrogens is 198 g/mol. The number of aliphatic hydroxyl groups excluding tert-OH is 1. The Morgan fingerprint density at radius 3 is 2.46 bits per heavy atom. The van der Waals surface area contributed by atoms with E-state index in [1.807, 2.05) is 0 Å². The van der Waals surface area contributed by atoms with Gasteiger partial charge < -0.3 is 10.2 Å². The van der Waals surface area contributed by atoms with E-state index in [1.54, 1.807) is 0 Å². The molecule has 0 saturated heterocycles. The lowest BCUT2D eigenvalue weighted by atomic mass is 10.4. The van der Waals surface area contributed by atoms with Crippen LogP contribution in [0.4, 0.5) is 0 Å². The van der Waals surface area contributed by atoms with Gasteiger partial charge in [0.05, 0.1) is 18.3 Å². The van der Waals surface area contributed by atoms with Gasteiger partial charge in [-0.3, -0.25) is 4.79 Å². The number of hydrogen-bond donors (Lipinski definition) is 3. The van der Waals surface area contributed by atoms with Crippen molar-refractivity contribution in [3.05, 3.63) is 0 Å². The minimum atomic E-state index is -3.56. The molecule has 1 atom stereocenters. The van der Waals surface area contributed by atoms with Gasteiger partial charge in [-0.15, -0.1) is 0 Å². The Bertz CT molecular complexity index is 258. The quantitative estimate of drug-likeness (QED) is 0.510. The second-order valence-electron chi connectivity index (χ2n) is 2.66. The smallest absolute Gasteiger partial charge is 0.304 e. The molecule has 7 heteroatoms. The molecule has 0 aliphatic heterocycles. The summed E-state index contributed by atoms with van der Waals surface area (Å²) in [7, 11) is -3.56. The number of carbonyl (C=O) groups is 1. The molecule has 0 amide bonds. The third kappa shape index (κ3) is 7.69. The highest BCUT2D eigenvalue weighted by atomic mass is 32.2. The highest BCUT2D eigenvalue weighted by molar-refractivity contribution is 7.89. The lowest BCUT2D eigenvalue weighted by Gasteiger charge is -2.06. The van der Waals surface area contributed by atoms with Crippen LogP contribution in [0.1, 0.15) is 13.3 Å². The highest BCUT2D eigenvalue weighted by Gasteiger charge is 2.12. The van der Waals surface area contributed by atoms with E-state index in [2.05, 4.69) is 4.72 Å². The van der Waals surface area contributed by atoms with Crippen LogP contribution in [-0.4, -0.2) is 43.0 Å². The molecule has 0 unspecified atom stereocenters. The monoisotopic (exact) mass is 211 g/mol. The molecule has 0 aromatic rings. The second kappa shape index (κ2) is 5.15. The first-order chi connectivity index (χ1) is 5.83. The Morgan fingerprint density at radius 1 is 1.54 bits per heavy atom. The number of carboxylic acid groups (broad SMARTS) is 1. The van der Waals surface area contributed by atoms with Crippen molar-refractivity contribution in [3.63, 3.8) is 0 Å². The predicted octanol–water partition coefficient (Wildman–Crippen LogP) is -1.24. The number of rotatable bonds is 6. The summed E-state index contributed by atoms with van der Waals surface area (Å²) in [6.45, 7) is 1.33. The molecule has 3 N–H and O–H groups in total. The van der Waals surface area contributed by atoms with Crippen LogP contribution in [-0.2, 0) is 14.8 Å². The van der Waals surface area contributed by atoms with Gasteiger partial charge in [-0.25, -0.2) is 13.1 Å². The van der Waals surface area contributed by atoms with Gasteiger partial charge in [0.1, 0.15) is 0 Å². The fourth-order valence-electron chi connectivity index (χ4n) is 0.541. The van der Waals surface area contributed by atoms with E-state index in [4.69, 9.17) is 10.2 Å². The van der Waals surface area contributed by atoms with Gasteiger partial charge in [-0.2, -0.15) is 0 Å². The molecule has 0 aliphatic rings. The standard InChI is InChI=1S/C6H13NO5S/c1-5(8)4-7-13(11,12)3-2-6(9)10/h5,7-8H,2-4H2,1H3,(H,9,10)/t5-/m1/s1. The summed E-state index contributed by atoms with van der Waals surface area (Å²) >= 11 is 0. The molecule has 0 fully saturated rings. The summed E-state index contributed by atoms with van der Waals surface area (Å²) < 4.78 is 24.0. The summed E-state index contributed by atoms with van der Waals surface area (Å²) in [5, 5.41) is 17.0. The highest BCUT2D eigenvalue weighted by Crippen LogP contribution is 1.90. The van der Waals surface area contributed by atoms with Crippen LogP contribution in [0.5, 0.6) is 0 Å². The lowest BCUT2D eigenvalue weighted by Crippen LogP contribution is -2.33. The summed E-state index contributed by atoms with van der Waals surface area (Å²) in [5.41, 5.74) is 0. The first-order valence-corrected chi connectivity index (χ1v) is 5.36. The maximum Gasteiger partial charge on any atom is 0.304 e. The minimum Gasteiger partial charge on any atom is -0.481 e. The van der Waals surface area contributed by atoms with Gasteiger partial charge in [0.2, 0.25) is 10.0 Å². The molecule has 0 radical (unpaired) electrons. The average molecular weight is 211 g/mol. The van der Waals surface area contributed by atoms with Crippen molar-refractivity contribution in [2.75, 3.05) is 12.3 Å². The van der Waals surface area contributed by atoms with Crippen LogP contribution in [0.15, 0.2) is 0 Å². The summed E-state index contributed by atoms with van der Waals surface area (Å²) in [5.74, 6) is -1.63. The Balaban J connectivity index is 3.88. The Morgan fingerprint density at radius 2 is 2.08 bits per heavy atom. The Hall–Kier alpha value is -0.660. The number of aliphatic hydroxyl groups is 1. The molecule has 0 aromatic carbocycles. The first kappa shape index (κ1) is 12.3. The SMILES string of the molecule is C[C@@H](O)CNS(=O)(=O)CCC(=O)O. The largest absolute Gasteiger partial charge is 0.481 e. The van der Waals surface area contributed by atoms with E-state index in [-0.39, 0.29) is 6.54 Å². The number of nitrogens with one attached hydrogen (secondary N) is 1. The lowest BCUT2D eigenvalue weighted by molar-refractivity contribution is -0.136. The molecule has 0 heterocycles. The van der Waals surface area contributed by atoms with E-state index in [1.165, 1.54) is 6.92 Å². The third-order valence-electron chi connectivity index (χ3n) is 1.18. The number of aliphatic carboxylic acids is 1. The van der Waals surface area contributed by atoms with Crippen molar-refractivity contribution >= 4 is 16.0 Å². The van der Waals surface area contributed by atoms with Crippen LogP contribution in [0.3, 0.4) is 0 Å². The molecular formula is C6H13NO5S. The van der Waals surface area contributed by atoms with Gasteiger partial charge in [-0.05, 0) is 6.92 Å². The van der Waals surface area contributed by atoms with Gasteiger partial charge in [0.25, 0.3) is 0 Å². The van der Waals surface area contributed by atoms with Gasteiger partial charge in [-0.1, -0.05) is 0 Å². The zero-order chi connectivity index (χ0) is 10.5. The molecule has 78 valence electrons. The van der Waals surface area contributed by atoms with Gasteiger partial charge in [0, 0.05) is 6.54 Å². The summed E-state index contributed by atoms with van der Waals surface area (Å²) in [6, 6.07) is 0. The molecule has 0 bridgehead atoms. The zero-order valence-corrected chi connectivity index (χ0v) is 8.04. The zero-order valence-electron chi connectivity index (χ0n) is 7.23. The van der Waals surface area contributed by atoms with Gasteiger partial charge >= 0.3 is 5.97 Å². The summed E-state index contributed by atoms with van der Waals surface area (Å²) in [4.78, 5) is 10.0. The van der Waals surface area contributed by atoms with Crippen molar-refractivity contribution in [2.24, 2.45) is 0 Å².